The Bertz CT molecular complexity index is 957. The topological polar surface area (TPSA) is 81.3 Å². The fourth-order valence-electron chi connectivity index (χ4n) is 3.08. The second kappa shape index (κ2) is 6.79. The zero-order valence-corrected chi connectivity index (χ0v) is 15.2. The number of nitrogens with zero attached hydrogens (tertiary/aromatic N) is 4. The maximum absolute atomic E-state index is 14.0. The van der Waals surface area contributed by atoms with Crippen LogP contribution >= 0.6 is 0 Å². The summed E-state index contributed by atoms with van der Waals surface area (Å²) in [6.45, 7) is 0.651. The van der Waals surface area contributed by atoms with Crippen LogP contribution in [-0.4, -0.2) is 58.0 Å². The molecule has 0 saturated carbocycles. The fourth-order valence-corrected chi connectivity index (χ4v) is 3.08. The molecule has 0 amide bonds. The summed E-state index contributed by atoms with van der Waals surface area (Å²) in [5.74, 6) is 0.489. The number of hydrogen-bond donors (Lipinski definition) is 1. The van der Waals surface area contributed by atoms with Crippen molar-refractivity contribution in [1.82, 2.24) is 14.5 Å². The van der Waals surface area contributed by atoms with Gasteiger partial charge >= 0.3 is 6.11 Å². The molecule has 0 bridgehead atoms. The number of amidine groups is 1. The van der Waals surface area contributed by atoms with Gasteiger partial charge in [-0.3, -0.25) is 0 Å². The molecule has 3 heterocycles. The molecule has 28 heavy (non-hydrogen) atoms. The van der Waals surface area contributed by atoms with Crippen LogP contribution in [0.5, 0.6) is 5.75 Å². The Morgan fingerprint density at radius 1 is 1.43 bits per heavy atom. The number of fused-ring (bicyclic) bond motifs is 1. The second-order valence-corrected chi connectivity index (χ2v) is 6.39. The third kappa shape index (κ3) is 3.26. The van der Waals surface area contributed by atoms with E-state index in [4.69, 9.17) is 14.3 Å². The van der Waals surface area contributed by atoms with Crippen molar-refractivity contribution in [2.24, 2.45) is 5.16 Å². The van der Waals surface area contributed by atoms with Crippen LogP contribution in [0, 0.1) is 6.92 Å². The highest BCUT2D eigenvalue weighted by molar-refractivity contribution is 6.01. The number of oxime groups is 1. The van der Waals surface area contributed by atoms with Crippen molar-refractivity contribution >= 4 is 11.9 Å². The number of aliphatic hydroxyl groups is 1. The number of aryl methyl sites for hydroxylation is 1. The molecule has 10 heteroatoms. The average Bonchev–Trinajstić information content (AvgIpc) is 3.26. The standard InChI is InChI=1S/C18H18F2N4O4/c1-11-7-23(10-21-11)13-4-3-12(5-14(13)26-2)6-15-17-22-28-16(8-25)24(17)9-18(19,20)27-15/h3-7,10,16,25H,8-9H2,1-2H3/b15-6-/t16-/m0/s1. The Morgan fingerprint density at radius 3 is 2.93 bits per heavy atom. The lowest BCUT2D eigenvalue weighted by Gasteiger charge is -2.34. The largest absolute Gasteiger partial charge is 0.495 e. The van der Waals surface area contributed by atoms with Crippen LogP contribution in [0.3, 0.4) is 0 Å². The molecular weight excluding hydrogens is 374 g/mol. The molecule has 1 aromatic heterocycles. The second-order valence-electron chi connectivity index (χ2n) is 6.39. The van der Waals surface area contributed by atoms with Crippen LogP contribution in [0.4, 0.5) is 8.78 Å². The third-order valence-corrected chi connectivity index (χ3v) is 4.36. The predicted molar refractivity (Wildman–Crippen MR) is 95.0 cm³/mol. The van der Waals surface area contributed by atoms with Gasteiger partial charge in [-0.15, -0.1) is 0 Å². The van der Waals surface area contributed by atoms with Gasteiger partial charge in [0.2, 0.25) is 12.1 Å². The number of benzene rings is 1. The molecule has 1 N–H and O–H groups in total. The maximum Gasteiger partial charge on any atom is 0.416 e. The number of hydrogen-bond acceptors (Lipinski definition) is 7. The van der Waals surface area contributed by atoms with E-state index in [1.54, 1.807) is 29.1 Å². The highest BCUT2D eigenvalue weighted by atomic mass is 19.3. The lowest BCUT2D eigenvalue weighted by atomic mass is 10.1. The highest BCUT2D eigenvalue weighted by Gasteiger charge is 2.48. The first-order valence-corrected chi connectivity index (χ1v) is 8.49. The molecular formula is C18H18F2N4O4. The average molecular weight is 392 g/mol. The van der Waals surface area contributed by atoms with Crippen molar-refractivity contribution in [3.63, 3.8) is 0 Å². The van der Waals surface area contributed by atoms with Crippen LogP contribution in [0.2, 0.25) is 0 Å². The van der Waals surface area contributed by atoms with Gasteiger partial charge in [0, 0.05) is 6.20 Å². The molecule has 2 aliphatic rings. The van der Waals surface area contributed by atoms with E-state index in [1.165, 1.54) is 18.1 Å². The lowest BCUT2D eigenvalue weighted by Crippen LogP contribution is -2.51. The summed E-state index contributed by atoms with van der Waals surface area (Å²) in [6, 6.07) is 5.22. The van der Waals surface area contributed by atoms with E-state index in [0.717, 1.165) is 11.4 Å². The summed E-state index contributed by atoms with van der Waals surface area (Å²) >= 11 is 0. The van der Waals surface area contributed by atoms with E-state index >= 15 is 0 Å². The number of rotatable bonds is 4. The molecule has 0 unspecified atom stereocenters. The zero-order valence-electron chi connectivity index (χ0n) is 15.2. The molecule has 2 aromatic rings. The van der Waals surface area contributed by atoms with Crippen molar-refractivity contribution in [2.45, 2.75) is 19.3 Å². The molecule has 148 valence electrons. The smallest absolute Gasteiger partial charge is 0.416 e. The Labute approximate surface area is 159 Å². The van der Waals surface area contributed by atoms with Crippen molar-refractivity contribution in [3.05, 3.63) is 47.7 Å². The van der Waals surface area contributed by atoms with E-state index < -0.39 is 25.5 Å². The minimum atomic E-state index is -3.44. The number of ether oxygens (including phenoxy) is 2. The summed E-state index contributed by atoms with van der Waals surface area (Å²) in [7, 11) is 1.52. The Balaban J connectivity index is 1.69. The summed E-state index contributed by atoms with van der Waals surface area (Å²) < 4.78 is 40.1. The number of aliphatic hydroxyl groups excluding tert-OH is 1. The summed E-state index contributed by atoms with van der Waals surface area (Å²) in [6.07, 6.45) is 0.526. The van der Waals surface area contributed by atoms with Crippen LogP contribution in [0.1, 0.15) is 11.3 Å². The van der Waals surface area contributed by atoms with Crippen molar-refractivity contribution < 1.29 is 28.2 Å². The van der Waals surface area contributed by atoms with E-state index in [2.05, 4.69) is 10.1 Å². The van der Waals surface area contributed by atoms with Crippen LogP contribution in [0.15, 0.2) is 41.6 Å². The van der Waals surface area contributed by atoms with Crippen molar-refractivity contribution in [1.29, 1.82) is 0 Å². The molecule has 0 spiro atoms. The molecule has 0 aliphatic carbocycles. The molecule has 0 radical (unpaired) electrons. The maximum atomic E-state index is 14.0. The van der Waals surface area contributed by atoms with Gasteiger partial charge in [0.25, 0.3) is 0 Å². The molecule has 4 rings (SSSR count). The number of morpholine rings is 1. The first-order chi connectivity index (χ1) is 13.4. The fraction of sp³-hybridized carbons (Fsp3) is 0.333. The van der Waals surface area contributed by atoms with E-state index in [-0.39, 0.29) is 11.6 Å². The zero-order chi connectivity index (χ0) is 19.9. The number of imidazole rings is 1. The molecule has 2 aliphatic heterocycles. The SMILES string of the molecule is COc1cc(/C=C2\OC(F)(F)CN3C2=NO[C@H]3CO)ccc1-n1cnc(C)c1. The normalized spacial score (nSPS) is 21.8. The highest BCUT2D eigenvalue weighted by Crippen LogP contribution is 2.34. The summed E-state index contributed by atoms with van der Waals surface area (Å²) in [5, 5.41) is 13.1. The van der Waals surface area contributed by atoms with Gasteiger partial charge in [0.15, 0.2) is 5.76 Å². The van der Waals surface area contributed by atoms with E-state index in [0.29, 0.717) is 11.3 Å². The molecule has 1 fully saturated rings. The van der Waals surface area contributed by atoms with Gasteiger partial charge in [-0.1, -0.05) is 11.2 Å². The van der Waals surface area contributed by atoms with Crippen LogP contribution in [0.25, 0.3) is 11.8 Å². The van der Waals surface area contributed by atoms with Gasteiger partial charge in [0.1, 0.15) is 18.9 Å². The minimum absolute atomic E-state index is 0.109. The van der Waals surface area contributed by atoms with Crippen LogP contribution in [-0.2, 0) is 9.57 Å². The van der Waals surface area contributed by atoms with E-state index in [1.807, 2.05) is 13.1 Å². The summed E-state index contributed by atoms with van der Waals surface area (Å²) in [5.41, 5.74) is 2.17. The first kappa shape index (κ1) is 18.2. The number of methoxy groups -OCH3 is 1. The molecule has 1 saturated heterocycles. The van der Waals surface area contributed by atoms with Gasteiger partial charge < -0.3 is 28.9 Å². The molecule has 1 atom stereocenters. The number of halogens is 2. The predicted octanol–water partition coefficient (Wildman–Crippen LogP) is 2.12. The minimum Gasteiger partial charge on any atom is -0.495 e. The van der Waals surface area contributed by atoms with Gasteiger partial charge in [-0.05, 0) is 30.7 Å². The van der Waals surface area contributed by atoms with Gasteiger partial charge in [0.05, 0.1) is 24.8 Å². The van der Waals surface area contributed by atoms with Gasteiger partial charge in [-0.25, -0.2) is 4.98 Å². The monoisotopic (exact) mass is 392 g/mol. The third-order valence-electron chi connectivity index (χ3n) is 4.36. The van der Waals surface area contributed by atoms with Crippen molar-refractivity contribution in [2.75, 3.05) is 20.3 Å². The van der Waals surface area contributed by atoms with Crippen LogP contribution < -0.4 is 4.74 Å². The molecule has 8 nitrogen and oxygen atoms in total. The van der Waals surface area contributed by atoms with Crippen molar-refractivity contribution in [3.8, 4) is 11.4 Å². The Morgan fingerprint density at radius 2 is 2.25 bits per heavy atom. The Kier molecular flexibility index (Phi) is 4.42. The number of aromatic nitrogens is 2. The summed E-state index contributed by atoms with van der Waals surface area (Å²) in [4.78, 5) is 10.4. The Hall–Kier alpha value is -3.14. The quantitative estimate of drug-likeness (QED) is 0.859. The number of alkyl halides is 2. The first-order valence-electron chi connectivity index (χ1n) is 8.49. The lowest BCUT2D eigenvalue weighted by molar-refractivity contribution is -0.232. The van der Waals surface area contributed by atoms with Gasteiger partial charge in [-0.2, -0.15) is 8.78 Å². The van der Waals surface area contributed by atoms with E-state index in [9.17, 15) is 13.9 Å². The molecule has 1 aromatic carbocycles.